The lowest BCUT2D eigenvalue weighted by Gasteiger charge is -2.30. The van der Waals surface area contributed by atoms with Crippen molar-refractivity contribution >= 4 is 10.9 Å². The van der Waals surface area contributed by atoms with Gasteiger partial charge in [-0.15, -0.1) is 5.10 Å². The van der Waals surface area contributed by atoms with Crippen molar-refractivity contribution in [3.8, 4) is 23.0 Å². The van der Waals surface area contributed by atoms with Crippen LogP contribution in [-0.4, -0.2) is 63.8 Å². The van der Waals surface area contributed by atoms with E-state index in [1.165, 1.54) is 0 Å². The minimum absolute atomic E-state index is 0.163. The van der Waals surface area contributed by atoms with Gasteiger partial charge in [-0.2, -0.15) is 0 Å². The molecule has 0 aliphatic carbocycles. The number of methoxy groups -OCH3 is 1. The fourth-order valence-electron chi connectivity index (χ4n) is 5.07. The lowest BCUT2D eigenvalue weighted by atomic mass is 10.1. The molecule has 204 valence electrons. The van der Waals surface area contributed by atoms with Gasteiger partial charge in [-0.1, -0.05) is 13.0 Å². The van der Waals surface area contributed by atoms with Crippen molar-refractivity contribution in [1.29, 1.82) is 0 Å². The van der Waals surface area contributed by atoms with Gasteiger partial charge in [0.2, 0.25) is 6.79 Å². The number of aromatic amines is 1. The van der Waals surface area contributed by atoms with E-state index in [4.69, 9.17) is 23.7 Å². The first-order chi connectivity index (χ1) is 19.1. The van der Waals surface area contributed by atoms with Gasteiger partial charge in [-0.3, -0.25) is 9.69 Å². The molecule has 2 aliphatic rings. The Bertz CT molecular complexity index is 1540. The van der Waals surface area contributed by atoms with Crippen molar-refractivity contribution in [2.45, 2.75) is 39.0 Å². The molecule has 0 unspecified atom stereocenters. The van der Waals surface area contributed by atoms with Crippen LogP contribution in [-0.2, 0) is 24.4 Å². The molecule has 4 aromatic rings. The monoisotopic (exact) mass is 534 g/mol. The first-order valence-electron chi connectivity index (χ1n) is 13.0. The van der Waals surface area contributed by atoms with E-state index >= 15 is 0 Å². The number of benzene rings is 2. The molecular formula is C27H30N6O6. The molecule has 0 fully saturated rings. The summed E-state index contributed by atoms with van der Waals surface area (Å²) in [6.45, 7) is 5.18. The quantitative estimate of drug-likeness (QED) is 0.325. The number of nitrogens with one attached hydrogen (secondary N) is 1. The molecule has 0 bridgehead atoms. The summed E-state index contributed by atoms with van der Waals surface area (Å²) >= 11 is 0. The molecule has 0 spiro atoms. The minimum atomic E-state index is -0.169. The second-order valence-electron chi connectivity index (χ2n) is 9.48. The third kappa shape index (κ3) is 5.12. The molecule has 39 heavy (non-hydrogen) atoms. The van der Waals surface area contributed by atoms with Crippen molar-refractivity contribution in [2.75, 3.05) is 33.7 Å². The van der Waals surface area contributed by atoms with Crippen LogP contribution in [0.5, 0.6) is 23.0 Å². The van der Waals surface area contributed by atoms with E-state index in [0.29, 0.717) is 73.6 Å². The minimum Gasteiger partial charge on any atom is -0.486 e. The molecule has 4 heterocycles. The Morgan fingerprint density at radius 1 is 1.03 bits per heavy atom. The lowest BCUT2D eigenvalue weighted by molar-refractivity contribution is 0.150. The molecule has 1 N–H and O–H groups in total. The zero-order valence-electron chi connectivity index (χ0n) is 21.9. The zero-order valence-corrected chi connectivity index (χ0v) is 21.9. The number of rotatable bonds is 10. The van der Waals surface area contributed by atoms with E-state index in [1.807, 2.05) is 36.4 Å². The number of hydrogen-bond donors (Lipinski definition) is 1. The molecule has 12 heteroatoms. The number of hydrogen-bond acceptors (Lipinski definition) is 10. The van der Waals surface area contributed by atoms with E-state index in [9.17, 15) is 4.79 Å². The Kier molecular flexibility index (Phi) is 7.03. The van der Waals surface area contributed by atoms with Crippen LogP contribution in [0.4, 0.5) is 0 Å². The molecule has 2 aliphatic heterocycles. The SMILES string of the molecule is CC[C@@H](c1nnnn1CCOC)N(Cc1ccc2c(c1)OCO2)Cc1cc2cc3c(cc2[nH]c1=O)OCCO3. The summed E-state index contributed by atoms with van der Waals surface area (Å²) < 4.78 is 29.6. The van der Waals surface area contributed by atoms with Gasteiger partial charge in [0.05, 0.1) is 24.7 Å². The van der Waals surface area contributed by atoms with Crippen LogP contribution in [0.15, 0.2) is 41.2 Å². The third-order valence-electron chi connectivity index (χ3n) is 6.97. The fourth-order valence-corrected chi connectivity index (χ4v) is 5.07. The van der Waals surface area contributed by atoms with Gasteiger partial charge in [0.15, 0.2) is 28.8 Å². The van der Waals surface area contributed by atoms with Crippen molar-refractivity contribution in [2.24, 2.45) is 0 Å². The van der Waals surface area contributed by atoms with Crippen LogP contribution < -0.4 is 24.5 Å². The second-order valence-corrected chi connectivity index (χ2v) is 9.48. The van der Waals surface area contributed by atoms with Gasteiger partial charge in [-0.25, -0.2) is 4.68 Å². The van der Waals surface area contributed by atoms with Gasteiger partial charge in [0.25, 0.3) is 5.56 Å². The first-order valence-corrected chi connectivity index (χ1v) is 13.0. The van der Waals surface area contributed by atoms with E-state index in [2.05, 4.69) is 32.3 Å². The third-order valence-corrected chi connectivity index (χ3v) is 6.97. The van der Waals surface area contributed by atoms with Crippen LogP contribution in [0.2, 0.25) is 0 Å². The Morgan fingerprint density at radius 2 is 1.82 bits per heavy atom. The molecule has 0 saturated carbocycles. The average molecular weight is 535 g/mol. The summed E-state index contributed by atoms with van der Waals surface area (Å²) in [5.41, 5.74) is 2.18. The Hall–Kier alpha value is -4.16. The second kappa shape index (κ2) is 10.9. The number of nitrogens with zero attached hydrogens (tertiary/aromatic N) is 5. The molecule has 12 nitrogen and oxygen atoms in total. The highest BCUT2D eigenvalue weighted by atomic mass is 16.7. The summed E-state index contributed by atoms with van der Waals surface area (Å²) in [5.74, 6) is 3.46. The maximum Gasteiger partial charge on any atom is 0.252 e. The van der Waals surface area contributed by atoms with E-state index in [0.717, 1.165) is 23.1 Å². The number of tetrazole rings is 1. The molecule has 1 atom stereocenters. The van der Waals surface area contributed by atoms with Crippen LogP contribution in [0.25, 0.3) is 10.9 Å². The van der Waals surface area contributed by atoms with E-state index in [-0.39, 0.29) is 18.4 Å². The van der Waals surface area contributed by atoms with Crippen molar-refractivity contribution in [3.05, 3.63) is 63.7 Å². The number of ether oxygens (including phenoxy) is 5. The summed E-state index contributed by atoms with van der Waals surface area (Å²) in [7, 11) is 1.65. The largest absolute Gasteiger partial charge is 0.486 e. The topological polar surface area (TPSA) is 126 Å². The van der Waals surface area contributed by atoms with E-state index in [1.54, 1.807) is 11.8 Å². The highest BCUT2D eigenvalue weighted by Gasteiger charge is 2.27. The Morgan fingerprint density at radius 3 is 2.64 bits per heavy atom. The van der Waals surface area contributed by atoms with Gasteiger partial charge < -0.3 is 28.7 Å². The zero-order chi connectivity index (χ0) is 26.8. The normalized spacial score (nSPS) is 14.7. The van der Waals surface area contributed by atoms with Gasteiger partial charge in [0.1, 0.15) is 13.2 Å². The number of fused-ring (bicyclic) bond motifs is 3. The number of pyridine rings is 1. The predicted octanol–water partition coefficient (Wildman–Crippen LogP) is 2.81. The fraction of sp³-hybridized carbons (Fsp3) is 0.407. The lowest BCUT2D eigenvalue weighted by Crippen LogP contribution is -2.32. The van der Waals surface area contributed by atoms with Gasteiger partial charge >= 0.3 is 0 Å². The summed E-state index contributed by atoms with van der Waals surface area (Å²) in [5, 5.41) is 13.4. The standard InChI is InChI=1S/C27H30N6O6/c1-3-21(26-29-30-31-33(26)6-7-35-2)32(14-17-4-5-22-23(10-17)39-16-38-22)15-19-11-18-12-24-25(37-9-8-36-24)13-20(18)28-27(19)34/h4-5,10-13,21H,3,6-9,14-16H2,1-2H3,(H,28,34)/t21-/m0/s1. The highest BCUT2D eigenvalue weighted by molar-refractivity contribution is 5.83. The first kappa shape index (κ1) is 25.1. The van der Waals surface area contributed by atoms with Gasteiger partial charge in [0, 0.05) is 37.2 Å². The molecule has 0 amide bonds. The summed E-state index contributed by atoms with van der Waals surface area (Å²) in [4.78, 5) is 18.5. The molecule has 2 aromatic carbocycles. The number of aromatic nitrogens is 5. The maximum atomic E-state index is 13.3. The van der Waals surface area contributed by atoms with Gasteiger partial charge in [-0.05, 0) is 46.7 Å². The van der Waals surface area contributed by atoms with Crippen molar-refractivity contribution in [3.63, 3.8) is 0 Å². The maximum absolute atomic E-state index is 13.3. The summed E-state index contributed by atoms with van der Waals surface area (Å²) in [6, 6.07) is 11.4. The molecule has 2 aromatic heterocycles. The number of H-pyrrole nitrogens is 1. The van der Waals surface area contributed by atoms with Crippen LogP contribution in [0.1, 0.15) is 36.3 Å². The van der Waals surface area contributed by atoms with Crippen molar-refractivity contribution < 1.29 is 23.7 Å². The smallest absolute Gasteiger partial charge is 0.252 e. The Balaban J connectivity index is 1.37. The van der Waals surface area contributed by atoms with Crippen LogP contribution in [0, 0.1) is 0 Å². The van der Waals surface area contributed by atoms with Crippen LogP contribution in [0.3, 0.4) is 0 Å². The Labute approximate surface area is 224 Å². The van der Waals surface area contributed by atoms with Crippen molar-refractivity contribution in [1.82, 2.24) is 30.1 Å². The average Bonchev–Trinajstić information content (AvgIpc) is 3.61. The summed E-state index contributed by atoms with van der Waals surface area (Å²) in [6.07, 6.45) is 0.724. The molecule has 0 radical (unpaired) electrons. The van der Waals surface area contributed by atoms with E-state index < -0.39 is 0 Å². The molecular weight excluding hydrogens is 504 g/mol. The predicted molar refractivity (Wildman–Crippen MR) is 140 cm³/mol. The molecule has 0 saturated heterocycles. The molecule has 6 rings (SSSR count). The van der Waals surface area contributed by atoms with Crippen LogP contribution >= 0.6 is 0 Å². The highest BCUT2D eigenvalue weighted by Crippen LogP contribution is 2.36.